The van der Waals surface area contributed by atoms with Gasteiger partial charge in [-0.1, -0.05) is 23.5 Å². The van der Waals surface area contributed by atoms with E-state index in [1.54, 1.807) is 24.3 Å². The van der Waals surface area contributed by atoms with Crippen molar-refractivity contribution in [2.75, 3.05) is 16.3 Å². The Labute approximate surface area is 156 Å². The second-order valence-corrected chi connectivity index (χ2v) is 8.15. The smallest absolute Gasteiger partial charge is 0.324 e. The quantitative estimate of drug-likeness (QED) is 0.659. The van der Waals surface area contributed by atoms with Crippen molar-refractivity contribution < 1.29 is 21.6 Å². The summed E-state index contributed by atoms with van der Waals surface area (Å²) in [6, 6.07) is 7.55. The summed E-state index contributed by atoms with van der Waals surface area (Å²) in [6.07, 6.45) is -1.02. The van der Waals surface area contributed by atoms with E-state index >= 15 is 0 Å². The Kier molecular flexibility index (Phi) is 5.02. The summed E-state index contributed by atoms with van der Waals surface area (Å²) in [5, 5.41) is 2.94. The lowest BCUT2D eigenvalue weighted by atomic mass is 10.2. The minimum atomic E-state index is -4.56. The van der Waals surface area contributed by atoms with Crippen molar-refractivity contribution in [3.63, 3.8) is 0 Å². The lowest BCUT2D eigenvalue weighted by Crippen LogP contribution is -2.10. The first-order chi connectivity index (χ1) is 12.6. The molecule has 142 valence electrons. The number of aromatic nitrogens is 3. The van der Waals surface area contributed by atoms with Gasteiger partial charge in [0.2, 0.25) is 16.0 Å². The SMILES string of the molecule is CS(=O)(=O)Nc1ncc(-c2cccc(Nc3nccc(C(F)(F)F)n3)c2)s1. The van der Waals surface area contributed by atoms with Crippen LogP contribution in [-0.2, 0) is 16.2 Å². The Morgan fingerprint density at radius 2 is 1.93 bits per heavy atom. The van der Waals surface area contributed by atoms with Gasteiger partial charge in [-0.25, -0.2) is 23.4 Å². The number of hydrogen-bond donors (Lipinski definition) is 2. The van der Waals surface area contributed by atoms with Crippen LogP contribution in [0.1, 0.15) is 5.69 Å². The van der Waals surface area contributed by atoms with Crippen LogP contribution in [0.3, 0.4) is 0 Å². The van der Waals surface area contributed by atoms with Crippen molar-refractivity contribution in [1.29, 1.82) is 0 Å². The number of alkyl halides is 3. The number of hydrogen-bond acceptors (Lipinski definition) is 7. The fourth-order valence-electron chi connectivity index (χ4n) is 2.07. The van der Waals surface area contributed by atoms with E-state index < -0.39 is 21.9 Å². The van der Waals surface area contributed by atoms with Gasteiger partial charge in [0.25, 0.3) is 0 Å². The molecule has 0 atom stereocenters. The molecule has 3 rings (SSSR count). The Bertz CT molecular complexity index is 1070. The molecule has 1 aromatic carbocycles. The van der Waals surface area contributed by atoms with Crippen LogP contribution in [0, 0.1) is 0 Å². The number of nitrogens with one attached hydrogen (secondary N) is 2. The topological polar surface area (TPSA) is 96.9 Å². The van der Waals surface area contributed by atoms with Crippen molar-refractivity contribution in [3.05, 3.63) is 48.4 Å². The second-order valence-electron chi connectivity index (χ2n) is 5.37. The standard InChI is InChI=1S/C15H12F3N5O2S2/c1-27(24,25)23-14-20-8-11(26-14)9-3-2-4-10(7-9)21-13-19-6-5-12(22-13)15(16,17)18/h2-8H,1H3,(H,20,23)(H,19,21,22). The van der Waals surface area contributed by atoms with Crippen LogP contribution in [0.15, 0.2) is 42.7 Å². The molecule has 12 heteroatoms. The molecule has 0 aliphatic carbocycles. The van der Waals surface area contributed by atoms with Gasteiger partial charge in [0.05, 0.1) is 11.1 Å². The Hall–Kier alpha value is -2.73. The summed E-state index contributed by atoms with van der Waals surface area (Å²) < 4.78 is 63.0. The zero-order valence-electron chi connectivity index (χ0n) is 13.6. The van der Waals surface area contributed by atoms with Crippen LogP contribution in [0.25, 0.3) is 10.4 Å². The highest BCUT2D eigenvalue weighted by atomic mass is 32.2. The van der Waals surface area contributed by atoms with Crippen LogP contribution in [0.4, 0.5) is 29.9 Å². The number of sulfonamides is 1. The molecule has 0 aliphatic rings. The van der Waals surface area contributed by atoms with Crippen LogP contribution in [-0.4, -0.2) is 29.6 Å². The van der Waals surface area contributed by atoms with E-state index in [4.69, 9.17) is 0 Å². The molecule has 2 aromatic heterocycles. The van der Waals surface area contributed by atoms with Gasteiger partial charge in [-0.2, -0.15) is 13.2 Å². The van der Waals surface area contributed by atoms with Crippen molar-refractivity contribution in [2.24, 2.45) is 0 Å². The molecule has 0 aliphatic heterocycles. The predicted molar refractivity (Wildman–Crippen MR) is 96.3 cm³/mol. The zero-order chi connectivity index (χ0) is 19.7. The summed E-state index contributed by atoms with van der Waals surface area (Å²) in [5.74, 6) is -0.189. The van der Waals surface area contributed by atoms with Crippen LogP contribution >= 0.6 is 11.3 Å². The monoisotopic (exact) mass is 415 g/mol. The van der Waals surface area contributed by atoms with Gasteiger partial charge in [-0.05, 0) is 23.8 Å². The molecule has 7 nitrogen and oxygen atoms in total. The first-order valence-corrected chi connectivity index (χ1v) is 10.0. The molecule has 0 fully saturated rings. The van der Waals surface area contributed by atoms with E-state index in [1.807, 2.05) is 0 Å². The van der Waals surface area contributed by atoms with Gasteiger partial charge < -0.3 is 5.32 Å². The third-order valence-corrected chi connectivity index (χ3v) is 4.78. The van der Waals surface area contributed by atoms with Gasteiger partial charge in [-0.3, -0.25) is 4.72 Å². The minimum absolute atomic E-state index is 0.189. The van der Waals surface area contributed by atoms with Crippen molar-refractivity contribution >= 4 is 38.1 Å². The minimum Gasteiger partial charge on any atom is -0.324 e. The normalized spacial score (nSPS) is 12.0. The molecule has 0 bridgehead atoms. The summed E-state index contributed by atoms with van der Waals surface area (Å²) in [5.41, 5.74) is 0.124. The van der Waals surface area contributed by atoms with Gasteiger partial charge in [0.15, 0.2) is 5.13 Å². The third-order valence-electron chi connectivity index (χ3n) is 3.13. The van der Waals surface area contributed by atoms with Crippen LogP contribution < -0.4 is 10.0 Å². The summed E-state index contributed by atoms with van der Waals surface area (Å²) in [4.78, 5) is 11.9. The van der Waals surface area contributed by atoms with Gasteiger partial charge in [0.1, 0.15) is 5.69 Å². The van der Waals surface area contributed by atoms with E-state index in [-0.39, 0.29) is 11.1 Å². The van der Waals surface area contributed by atoms with E-state index in [0.717, 1.165) is 29.9 Å². The molecule has 0 amide bonds. The highest BCUT2D eigenvalue weighted by molar-refractivity contribution is 7.92. The third kappa shape index (κ3) is 5.14. The summed E-state index contributed by atoms with van der Waals surface area (Å²) in [7, 11) is -3.43. The molecule has 2 N–H and O–H groups in total. The van der Waals surface area contributed by atoms with Crippen LogP contribution in [0.2, 0.25) is 0 Å². The number of rotatable bonds is 5. The van der Waals surface area contributed by atoms with Crippen molar-refractivity contribution in [3.8, 4) is 10.4 Å². The number of halogens is 3. The van der Waals surface area contributed by atoms with E-state index in [9.17, 15) is 21.6 Å². The molecule has 3 aromatic rings. The lowest BCUT2D eigenvalue weighted by Gasteiger charge is -2.09. The first kappa shape index (κ1) is 19.0. The maximum atomic E-state index is 12.7. The maximum Gasteiger partial charge on any atom is 0.433 e. The van der Waals surface area contributed by atoms with Gasteiger partial charge >= 0.3 is 6.18 Å². The molecule has 0 spiro atoms. The van der Waals surface area contributed by atoms with E-state index in [1.165, 1.54) is 6.20 Å². The van der Waals surface area contributed by atoms with Crippen molar-refractivity contribution in [1.82, 2.24) is 15.0 Å². The van der Waals surface area contributed by atoms with Crippen molar-refractivity contribution in [2.45, 2.75) is 6.18 Å². The molecular formula is C15H12F3N5O2S2. The summed E-state index contributed by atoms with van der Waals surface area (Å²) >= 11 is 1.12. The first-order valence-electron chi connectivity index (χ1n) is 7.31. The molecular weight excluding hydrogens is 403 g/mol. The molecule has 0 radical (unpaired) electrons. The lowest BCUT2D eigenvalue weighted by molar-refractivity contribution is -0.141. The Morgan fingerprint density at radius 1 is 1.15 bits per heavy atom. The largest absolute Gasteiger partial charge is 0.433 e. The van der Waals surface area contributed by atoms with E-state index in [2.05, 4.69) is 25.0 Å². The molecule has 27 heavy (non-hydrogen) atoms. The Morgan fingerprint density at radius 3 is 2.63 bits per heavy atom. The molecule has 0 saturated carbocycles. The molecule has 2 heterocycles. The fourth-order valence-corrected chi connectivity index (χ4v) is 3.72. The van der Waals surface area contributed by atoms with Gasteiger partial charge in [0, 0.05) is 18.1 Å². The highest BCUT2D eigenvalue weighted by Gasteiger charge is 2.32. The maximum absolute atomic E-state index is 12.7. The van der Waals surface area contributed by atoms with E-state index in [0.29, 0.717) is 16.1 Å². The molecule has 0 saturated heterocycles. The number of anilines is 3. The summed E-state index contributed by atoms with van der Waals surface area (Å²) in [6.45, 7) is 0. The number of benzene rings is 1. The number of thiazole rings is 1. The van der Waals surface area contributed by atoms with Gasteiger partial charge in [-0.15, -0.1) is 0 Å². The molecule has 0 unspecified atom stereocenters. The zero-order valence-corrected chi connectivity index (χ0v) is 15.3. The highest BCUT2D eigenvalue weighted by Crippen LogP contribution is 2.32. The predicted octanol–water partition coefficient (Wildman–Crippen LogP) is 3.73. The second kappa shape index (κ2) is 7.12. The fraction of sp³-hybridized carbons (Fsp3) is 0.133. The number of nitrogens with zero attached hydrogens (tertiary/aromatic N) is 3. The Balaban J connectivity index is 1.82. The average molecular weight is 415 g/mol. The average Bonchev–Trinajstić information content (AvgIpc) is 3.01. The van der Waals surface area contributed by atoms with Crippen LogP contribution in [0.5, 0.6) is 0 Å².